The predicted molar refractivity (Wildman–Crippen MR) is 65.9 cm³/mol. The molecule has 1 aromatic heterocycles. The lowest BCUT2D eigenvalue weighted by atomic mass is 10.2. The molecule has 0 radical (unpaired) electrons. The second kappa shape index (κ2) is 5.66. The molecule has 0 amide bonds. The van der Waals surface area contributed by atoms with Gasteiger partial charge in [0.25, 0.3) is 0 Å². The average Bonchev–Trinajstić information content (AvgIpc) is 2.37. The van der Waals surface area contributed by atoms with E-state index in [0.29, 0.717) is 11.8 Å². The molecule has 2 aromatic rings. The summed E-state index contributed by atoms with van der Waals surface area (Å²) in [6, 6.07) is 12.7. The molecule has 1 heterocycles. The van der Waals surface area contributed by atoms with E-state index >= 15 is 0 Å². The fourth-order valence-corrected chi connectivity index (χ4v) is 1.56. The second-order valence-corrected chi connectivity index (χ2v) is 3.93. The number of nitrogens with zero attached hydrogens (tertiary/aromatic N) is 1. The van der Waals surface area contributed by atoms with Gasteiger partial charge in [0.05, 0.1) is 12.3 Å². The fraction of sp³-hybridized carbons (Fsp3) is 0.154. The van der Waals surface area contributed by atoms with Gasteiger partial charge in [-0.25, -0.2) is 4.98 Å². The monoisotopic (exact) mass is 249 g/mol. The van der Waals surface area contributed by atoms with Gasteiger partial charge in [-0.1, -0.05) is 29.8 Å². The number of ether oxygens (including phenoxy) is 1. The van der Waals surface area contributed by atoms with Crippen LogP contribution in [0, 0.1) is 0 Å². The number of aromatic nitrogens is 1. The molecule has 0 unspecified atom stereocenters. The van der Waals surface area contributed by atoms with Gasteiger partial charge in [-0.3, -0.25) is 0 Å². The average molecular weight is 250 g/mol. The standard InChI is InChI=1S/C13H12ClNO2/c14-13-3-1-2-11(15-13)9-17-12-6-4-10(8-16)5-7-12/h1-7,16H,8-9H2. The van der Waals surface area contributed by atoms with E-state index in [1.807, 2.05) is 36.4 Å². The van der Waals surface area contributed by atoms with Crippen LogP contribution in [-0.4, -0.2) is 10.1 Å². The van der Waals surface area contributed by atoms with Gasteiger partial charge in [-0.2, -0.15) is 0 Å². The van der Waals surface area contributed by atoms with Crippen molar-refractivity contribution in [3.8, 4) is 5.75 Å². The molecule has 0 aliphatic rings. The highest BCUT2D eigenvalue weighted by Crippen LogP contribution is 2.14. The van der Waals surface area contributed by atoms with Gasteiger partial charge >= 0.3 is 0 Å². The van der Waals surface area contributed by atoms with Crippen LogP contribution in [0.1, 0.15) is 11.3 Å². The third-order valence-electron chi connectivity index (χ3n) is 2.27. The molecule has 1 N–H and O–H groups in total. The molecule has 17 heavy (non-hydrogen) atoms. The number of hydrogen-bond acceptors (Lipinski definition) is 3. The third-order valence-corrected chi connectivity index (χ3v) is 2.48. The van der Waals surface area contributed by atoms with Crippen LogP contribution >= 0.6 is 11.6 Å². The van der Waals surface area contributed by atoms with Crippen LogP contribution < -0.4 is 4.74 Å². The van der Waals surface area contributed by atoms with E-state index in [1.165, 1.54) is 0 Å². The number of benzene rings is 1. The van der Waals surface area contributed by atoms with Crippen molar-refractivity contribution < 1.29 is 9.84 Å². The maximum Gasteiger partial charge on any atom is 0.130 e. The first-order valence-electron chi connectivity index (χ1n) is 5.22. The Morgan fingerprint density at radius 1 is 1.12 bits per heavy atom. The zero-order chi connectivity index (χ0) is 12.1. The summed E-state index contributed by atoms with van der Waals surface area (Å²) in [7, 11) is 0. The Morgan fingerprint density at radius 2 is 1.88 bits per heavy atom. The minimum Gasteiger partial charge on any atom is -0.487 e. The molecule has 2 rings (SSSR count). The van der Waals surface area contributed by atoms with Gasteiger partial charge < -0.3 is 9.84 Å². The van der Waals surface area contributed by atoms with Gasteiger partial charge in [-0.15, -0.1) is 0 Å². The van der Waals surface area contributed by atoms with E-state index in [2.05, 4.69) is 4.98 Å². The summed E-state index contributed by atoms with van der Waals surface area (Å²) in [6.07, 6.45) is 0. The molecule has 0 aliphatic carbocycles. The number of halogens is 1. The molecule has 88 valence electrons. The highest BCUT2D eigenvalue weighted by Gasteiger charge is 1.98. The Kier molecular flexibility index (Phi) is 3.96. The van der Waals surface area contributed by atoms with E-state index < -0.39 is 0 Å². The van der Waals surface area contributed by atoms with Gasteiger partial charge in [0.15, 0.2) is 0 Å². The Hall–Kier alpha value is -1.58. The zero-order valence-electron chi connectivity index (χ0n) is 9.14. The molecule has 0 fully saturated rings. The SMILES string of the molecule is OCc1ccc(OCc2cccc(Cl)n2)cc1. The highest BCUT2D eigenvalue weighted by atomic mass is 35.5. The topological polar surface area (TPSA) is 42.4 Å². The van der Waals surface area contributed by atoms with Crippen molar-refractivity contribution >= 4 is 11.6 Å². The van der Waals surface area contributed by atoms with E-state index in [4.69, 9.17) is 21.4 Å². The van der Waals surface area contributed by atoms with Crippen molar-refractivity contribution in [2.45, 2.75) is 13.2 Å². The van der Waals surface area contributed by atoms with Gasteiger partial charge in [0, 0.05) is 0 Å². The molecule has 1 aromatic carbocycles. The molecule has 0 bridgehead atoms. The van der Waals surface area contributed by atoms with E-state index in [-0.39, 0.29) is 6.61 Å². The molecular formula is C13H12ClNO2. The predicted octanol–water partition coefficient (Wildman–Crippen LogP) is 2.81. The lowest BCUT2D eigenvalue weighted by Gasteiger charge is -2.06. The van der Waals surface area contributed by atoms with Crippen molar-refractivity contribution in [2.75, 3.05) is 0 Å². The zero-order valence-corrected chi connectivity index (χ0v) is 9.89. The van der Waals surface area contributed by atoms with E-state index in [0.717, 1.165) is 17.0 Å². The maximum atomic E-state index is 8.90. The number of rotatable bonds is 4. The van der Waals surface area contributed by atoms with Crippen LogP contribution in [0.3, 0.4) is 0 Å². The number of hydrogen-bond donors (Lipinski definition) is 1. The first-order chi connectivity index (χ1) is 8.28. The van der Waals surface area contributed by atoms with Gasteiger partial charge in [0.2, 0.25) is 0 Å². The molecule has 0 atom stereocenters. The first-order valence-corrected chi connectivity index (χ1v) is 5.60. The summed E-state index contributed by atoms with van der Waals surface area (Å²) in [5.74, 6) is 0.740. The Bertz CT molecular complexity index is 485. The minimum absolute atomic E-state index is 0.0378. The van der Waals surface area contributed by atoms with E-state index in [9.17, 15) is 0 Å². The van der Waals surface area contributed by atoms with Crippen molar-refractivity contribution in [1.82, 2.24) is 4.98 Å². The second-order valence-electron chi connectivity index (χ2n) is 3.54. The fourth-order valence-electron chi connectivity index (χ4n) is 1.38. The van der Waals surface area contributed by atoms with Gasteiger partial charge in [-0.05, 0) is 29.8 Å². The Balaban J connectivity index is 1.97. The summed E-state index contributed by atoms with van der Waals surface area (Å²) in [6.45, 7) is 0.412. The van der Waals surface area contributed by atoms with Crippen molar-refractivity contribution in [2.24, 2.45) is 0 Å². The lowest BCUT2D eigenvalue weighted by molar-refractivity contribution is 0.280. The van der Waals surface area contributed by atoms with Crippen LogP contribution in [-0.2, 0) is 13.2 Å². The Labute approximate surface area is 105 Å². The Morgan fingerprint density at radius 3 is 2.53 bits per heavy atom. The van der Waals surface area contributed by atoms with Crippen molar-refractivity contribution in [3.63, 3.8) is 0 Å². The summed E-state index contributed by atoms with van der Waals surface area (Å²) in [4.78, 5) is 4.12. The highest BCUT2D eigenvalue weighted by molar-refractivity contribution is 6.29. The molecule has 3 nitrogen and oxygen atoms in total. The van der Waals surface area contributed by atoms with Crippen LogP contribution in [0.25, 0.3) is 0 Å². The van der Waals surface area contributed by atoms with Crippen LogP contribution in [0.2, 0.25) is 5.15 Å². The van der Waals surface area contributed by atoms with Crippen LogP contribution in [0.4, 0.5) is 0 Å². The van der Waals surface area contributed by atoms with Crippen molar-refractivity contribution in [3.05, 3.63) is 58.9 Å². The molecule has 0 aliphatic heterocycles. The summed E-state index contributed by atoms with van der Waals surface area (Å²) < 4.78 is 5.54. The minimum atomic E-state index is 0.0378. The summed E-state index contributed by atoms with van der Waals surface area (Å²) in [5, 5.41) is 9.36. The molecule has 0 saturated heterocycles. The first kappa shape index (κ1) is 11.9. The summed E-state index contributed by atoms with van der Waals surface area (Å²) in [5.41, 5.74) is 1.64. The lowest BCUT2D eigenvalue weighted by Crippen LogP contribution is -1.98. The van der Waals surface area contributed by atoms with E-state index in [1.54, 1.807) is 6.07 Å². The molecular weight excluding hydrogens is 238 g/mol. The van der Waals surface area contributed by atoms with Crippen LogP contribution in [0.15, 0.2) is 42.5 Å². The number of pyridine rings is 1. The number of aliphatic hydroxyl groups excluding tert-OH is 1. The van der Waals surface area contributed by atoms with Crippen LogP contribution in [0.5, 0.6) is 5.75 Å². The number of aliphatic hydroxyl groups is 1. The third kappa shape index (κ3) is 3.44. The molecule has 4 heteroatoms. The smallest absolute Gasteiger partial charge is 0.130 e. The quantitative estimate of drug-likeness (QED) is 0.848. The largest absolute Gasteiger partial charge is 0.487 e. The van der Waals surface area contributed by atoms with Crippen molar-refractivity contribution in [1.29, 1.82) is 0 Å². The van der Waals surface area contributed by atoms with Gasteiger partial charge in [0.1, 0.15) is 17.5 Å². The maximum absolute atomic E-state index is 8.90. The normalized spacial score (nSPS) is 10.2. The molecule has 0 spiro atoms. The summed E-state index contributed by atoms with van der Waals surface area (Å²) >= 11 is 5.77. The molecule has 0 saturated carbocycles.